The third-order valence-electron chi connectivity index (χ3n) is 3.20. The highest BCUT2D eigenvalue weighted by atomic mass is 16.5. The molecule has 1 aliphatic rings. The van der Waals surface area contributed by atoms with Gasteiger partial charge in [-0.1, -0.05) is 0 Å². The molecule has 88 valence electrons. The standard InChI is InChI=1S/C11H12N4O2/c1-17-7-3-2-6-15-8(7)13-10(14-15)11(4-5-11)9(12)16/h2-3,6H,4-5H2,1H3,(H2,12,16). The molecule has 1 amide bonds. The summed E-state index contributed by atoms with van der Waals surface area (Å²) in [6.45, 7) is 0. The molecule has 0 radical (unpaired) electrons. The van der Waals surface area contributed by atoms with E-state index in [2.05, 4.69) is 10.1 Å². The number of amides is 1. The molecule has 1 saturated carbocycles. The summed E-state index contributed by atoms with van der Waals surface area (Å²) >= 11 is 0. The SMILES string of the molecule is COc1cccn2nc(C3(C(N)=O)CC3)nc12. The number of nitrogens with two attached hydrogens (primary N) is 1. The lowest BCUT2D eigenvalue weighted by molar-refractivity contribution is -0.120. The van der Waals surface area contributed by atoms with Crippen LogP contribution >= 0.6 is 0 Å². The molecule has 0 unspecified atom stereocenters. The summed E-state index contributed by atoms with van der Waals surface area (Å²) in [5.74, 6) is 0.772. The van der Waals surface area contributed by atoms with Gasteiger partial charge in [0, 0.05) is 6.20 Å². The van der Waals surface area contributed by atoms with E-state index in [4.69, 9.17) is 10.5 Å². The van der Waals surface area contributed by atoms with Gasteiger partial charge in [-0.25, -0.2) is 9.50 Å². The van der Waals surface area contributed by atoms with E-state index in [0.717, 1.165) is 12.8 Å². The van der Waals surface area contributed by atoms with Crippen LogP contribution in [0.15, 0.2) is 18.3 Å². The van der Waals surface area contributed by atoms with Crippen LogP contribution in [0.3, 0.4) is 0 Å². The van der Waals surface area contributed by atoms with E-state index >= 15 is 0 Å². The minimum atomic E-state index is -0.656. The van der Waals surface area contributed by atoms with Crippen LogP contribution in [0.5, 0.6) is 5.75 Å². The fraction of sp³-hybridized carbons (Fsp3) is 0.364. The number of nitrogens with zero attached hydrogens (tertiary/aromatic N) is 3. The number of ether oxygens (including phenoxy) is 1. The molecule has 0 bridgehead atoms. The molecule has 2 aromatic heterocycles. The Balaban J connectivity index is 2.17. The van der Waals surface area contributed by atoms with Gasteiger partial charge in [-0.15, -0.1) is 0 Å². The fourth-order valence-corrected chi connectivity index (χ4v) is 1.95. The van der Waals surface area contributed by atoms with Crippen molar-refractivity contribution < 1.29 is 9.53 Å². The Morgan fingerprint density at radius 2 is 2.35 bits per heavy atom. The Bertz CT molecular complexity index is 601. The number of carbonyl (C=O) groups excluding carboxylic acids is 1. The lowest BCUT2D eigenvalue weighted by atomic mass is 10.1. The molecule has 1 fully saturated rings. The largest absolute Gasteiger partial charge is 0.493 e. The van der Waals surface area contributed by atoms with Crippen molar-refractivity contribution >= 4 is 11.6 Å². The second kappa shape index (κ2) is 3.19. The van der Waals surface area contributed by atoms with Crippen LogP contribution < -0.4 is 10.5 Å². The van der Waals surface area contributed by atoms with Crippen molar-refractivity contribution in [3.05, 3.63) is 24.2 Å². The van der Waals surface area contributed by atoms with Gasteiger partial charge in [0.05, 0.1) is 7.11 Å². The van der Waals surface area contributed by atoms with Crippen molar-refractivity contribution in [1.82, 2.24) is 14.6 Å². The first-order chi connectivity index (χ1) is 8.17. The number of carbonyl (C=O) groups is 1. The minimum Gasteiger partial charge on any atom is -0.493 e. The lowest BCUT2D eigenvalue weighted by Gasteiger charge is -2.03. The maximum atomic E-state index is 11.4. The molecule has 2 aromatic rings. The first kappa shape index (κ1) is 10.1. The monoisotopic (exact) mass is 232 g/mol. The first-order valence-electron chi connectivity index (χ1n) is 5.37. The van der Waals surface area contributed by atoms with Gasteiger partial charge in [0.25, 0.3) is 0 Å². The molecule has 1 aliphatic carbocycles. The number of primary amides is 1. The summed E-state index contributed by atoms with van der Waals surface area (Å²) in [4.78, 5) is 15.8. The third-order valence-corrected chi connectivity index (χ3v) is 3.20. The average molecular weight is 232 g/mol. The van der Waals surface area contributed by atoms with Gasteiger partial charge < -0.3 is 10.5 Å². The molecule has 2 N–H and O–H groups in total. The van der Waals surface area contributed by atoms with Crippen LogP contribution in [-0.4, -0.2) is 27.6 Å². The molecule has 3 rings (SSSR count). The van der Waals surface area contributed by atoms with Crippen LogP contribution in [0, 0.1) is 0 Å². The highest BCUT2D eigenvalue weighted by molar-refractivity contribution is 5.89. The maximum Gasteiger partial charge on any atom is 0.231 e. The molecule has 6 heteroatoms. The topological polar surface area (TPSA) is 82.5 Å². The van der Waals surface area contributed by atoms with E-state index in [1.54, 1.807) is 23.9 Å². The second-order valence-corrected chi connectivity index (χ2v) is 4.23. The molecule has 2 heterocycles. The van der Waals surface area contributed by atoms with Crippen LogP contribution in [0.1, 0.15) is 18.7 Å². The highest BCUT2D eigenvalue weighted by Gasteiger charge is 2.53. The summed E-state index contributed by atoms with van der Waals surface area (Å²) in [5.41, 5.74) is 5.35. The van der Waals surface area contributed by atoms with E-state index < -0.39 is 5.41 Å². The maximum absolute atomic E-state index is 11.4. The van der Waals surface area contributed by atoms with E-state index in [-0.39, 0.29) is 5.91 Å². The molecular weight excluding hydrogens is 220 g/mol. The Hall–Kier alpha value is -2.11. The summed E-state index contributed by atoms with van der Waals surface area (Å²) < 4.78 is 6.80. The van der Waals surface area contributed by atoms with Crippen LogP contribution in [0.25, 0.3) is 5.65 Å². The van der Waals surface area contributed by atoms with Crippen molar-refractivity contribution in [2.45, 2.75) is 18.3 Å². The highest BCUT2D eigenvalue weighted by Crippen LogP contribution is 2.46. The third kappa shape index (κ3) is 1.30. The van der Waals surface area contributed by atoms with E-state index in [1.807, 2.05) is 6.07 Å². The van der Waals surface area contributed by atoms with Crippen molar-refractivity contribution in [3.8, 4) is 5.75 Å². The van der Waals surface area contributed by atoms with Crippen LogP contribution in [-0.2, 0) is 10.2 Å². The van der Waals surface area contributed by atoms with Crippen molar-refractivity contribution in [2.75, 3.05) is 7.11 Å². The number of hydrogen-bond donors (Lipinski definition) is 1. The van der Waals surface area contributed by atoms with Gasteiger partial charge in [-0.3, -0.25) is 4.79 Å². The number of methoxy groups -OCH3 is 1. The molecular formula is C11H12N4O2. The van der Waals surface area contributed by atoms with Gasteiger partial charge in [-0.05, 0) is 25.0 Å². The molecule has 6 nitrogen and oxygen atoms in total. The first-order valence-corrected chi connectivity index (χ1v) is 5.37. The van der Waals surface area contributed by atoms with E-state index in [9.17, 15) is 4.79 Å². The van der Waals surface area contributed by atoms with Gasteiger partial charge in [0.1, 0.15) is 5.41 Å². The molecule has 0 saturated heterocycles. The van der Waals surface area contributed by atoms with Crippen molar-refractivity contribution in [1.29, 1.82) is 0 Å². The zero-order chi connectivity index (χ0) is 12.0. The second-order valence-electron chi connectivity index (χ2n) is 4.23. The average Bonchev–Trinajstić information content (AvgIpc) is 3.02. The molecule has 0 spiro atoms. The Kier molecular flexibility index (Phi) is 1.89. The number of aromatic nitrogens is 3. The summed E-state index contributed by atoms with van der Waals surface area (Å²) in [7, 11) is 1.57. The van der Waals surface area contributed by atoms with Gasteiger partial charge in [-0.2, -0.15) is 5.10 Å². The number of pyridine rings is 1. The van der Waals surface area contributed by atoms with Crippen LogP contribution in [0.4, 0.5) is 0 Å². The lowest BCUT2D eigenvalue weighted by Crippen LogP contribution is -2.29. The number of hydrogen-bond acceptors (Lipinski definition) is 4. The molecule has 0 atom stereocenters. The summed E-state index contributed by atoms with van der Waals surface area (Å²) in [5, 5.41) is 4.30. The van der Waals surface area contributed by atoms with Gasteiger partial charge in [0.2, 0.25) is 5.91 Å². The molecule has 17 heavy (non-hydrogen) atoms. The summed E-state index contributed by atoms with van der Waals surface area (Å²) in [6.07, 6.45) is 3.22. The summed E-state index contributed by atoms with van der Waals surface area (Å²) in [6, 6.07) is 3.62. The van der Waals surface area contributed by atoms with Crippen LogP contribution in [0.2, 0.25) is 0 Å². The minimum absolute atomic E-state index is 0.354. The van der Waals surface area contributed by atoms with Crippen molar-refractivity contribution in [3.63, 3.8) is 0 Å². The zero-order valence-corrected chi connectivity index (χ0v) is 9.38. The Morgan fingerprint density at radius 3 is 2.94 bits per heavy atom. The zero-order valence-electron chi connectivity index (χ0n) is 9.38. The van der Waals surface area contributed by atoms with Gasteiger partial charge in [0.15, 0.2) is 17.2 Å². The quantitative estimate of drug-likeness (QED) is 0.822. The molecule has 0 aromatic carbocycles. The van der Waals surface area contributed by atoms with Crippen molar-refractivity contribution in [2.24, 2.45) is 5.73 Å². The molecule has 0 aliphatic heterocycles. The fourth-order valence-electron chi connectivity index (χ4n) is 1.95. The Labute approximate surface area is 97.4 Å². The Morgan fingerprint density at radius 1 is 1.59 bits per heavy atom. The van der Waals surface area contributed by atoms with E-state index in [0.29, 0.717) is 17.2 Å². The predicted octanol–water partition coefficient (Wildman–Crippen LogP) is 0.255. The van der Waals surface area contributed by atoms with E-state index in [1.165, 1.54) is 0 Å². The normalized spacial score (nSPS) is 17.0. The number of fused-ring (bicyclic) bond motifs is 1. The van der Waals surface area contributed by atoms with Gasteiger partial charge >= 0.3 is 0 Å². The smallest absolute Gasteiger partial charge is 0.231 e. The number of rotatable bonds is 3. The predicted molar refractivity (Wildman–Crippen MR) is 59.6 cm³/mol.